The number of fused-ring (bicyclic) bond motifs is 3. The molecule has 37 heavy (non-hydrogen) atoms. The molecule has 196 valence electrons. The van der Waals surface area contributed by atoms with Gasteiger partial charge in [0.15, 0.2) is 0 Å². The lowest BCUT2D eigenvalue weighted by atomic mass is 9.77. The van der Waals surface area contributed by atoms with Crippen LogP contribution in [0.2, 0.25) is 10.0 Å². The third kappa shape index (κ3) is 5.09. The Morgan fingerprint density at radius 1 is 1.14 bits per heavy atom. The predicted molar refractivity (Wildman–Crippen MR) is 138 cm³/mol. The first-order chi connectivity index (χ1) is 17.9. The van der Waals surface area contributed by atoms with Gasteiger partial charge in [-0.05, 0) is 36.3 Å². The smallest absolute Gasteiger partial charge is 0.247 e. The van der Waals surface area contributed by atoms with Crippen LogP contribution in [-0.4, -0.2) is 71.5 Å². The summed E-state index contributed by atoms with van der Waals surface area (Å²) >= 11 is 12.3. The van der Waals surface area contributed by atoms with Crippen LogP contribution in [0.3, 0.4) is 0 Å². The highest BCUT2D eigenvalue weighted by molar-refractivity contribution is 6.42. The van der Waals surface area contributed by atoms with Crippen molar-refractivity contribution >= 4 is 35.0 Å². The van der Waals surface area contributed by atoms with Crippen LogP contribution in [0.1, 0.15) is 23.5 Å². The number of carbonyl (C=O) groups excluding carboxylic acids is 2. The minimum atomic E-state index is -1.11. The minimum absolute atomic E-state index is 0.0780. The Hall–Kier alpha value is -2.62. The second-order valence-corrected chi connectivity index (χ2v) is 10.3. The van der Waals surface area contributed by atoms with Gasteiger partial charge in [0.1, 0.15) is 18.0 Å². The Bertz CT molecular complexity index is 1220. The van der Waals surface area contributed by atoms with Crippen molar-refractivity contribution in [2.75, 3.05) is 26.4 Å². The fraction of sp³-hybridized carbons (Fsp3) is 0.407. The fourth-order valence-electron chi connectivity index (χ4n) is 5.32. The predicted octanol–water partition coefficient (Wildman–Crippen LogP) is 2.68. The first-order valence-electron chi connectivity index (χ1n) is 12.3. The van der Waals surface area contributed by atoms with Gasteiger partial charge in [0.05, 0.1) is 41.1 Å². The fourth-order valence-corrected chi connectivity index (χ4v) is 5.64. The number of hydrogen-bond donors (Lipinski definition) is 3. The molecule has 2 aromatic carbocycles. The number of para-hydroxylation sites is 1. The number of aliphatic hydroxyl groups excluding tert-OH is 2. The van der Waals surface area contributed by atoms with Gasteiger partial charge in [0, 0.05) is 30.8 Å². The SMILES string of the molecule is O=C(NCCO)C1=C[C@@H](N(Cc2ccc(Cl)c(Cl)c2)C(=O)C2CCOC2)[C@H](O)[C@H]2Oc3ccccc3[C@@H]12. The van der Waals surface area contributed by atoms with Crippen molar-refractivity contribution in [3.63, 3.8) is 0 Å². The van der Waals surface area contributed by atoms with Crippen molar-refractivity contribution in [1.29, 1.82) is 0 Å². The molecule has 3 N–H and O–H groups in total. The molecule has 1 aliphatic carbocycles. The zero-order valence-corrected chi connectivity index (χ0v) is 21.5. The molecule has 5 rings (SSSR count). The molecule has 2 aromatic rings. The number of carbonyl (C=O) groups is 2. The number of hydrogen-bond acceptors (Lipinski definition) is 6. The van der Waals surface area contributed by atoms with Gasteiger partial charge in [-0.3, -0.25) is 9.59 Å². The monoisotopic (exact) mass is 546 g/mol. The quantitative estimate of drug-likeness (QED) is 0.492. The Labute approximate surface area is 224 Å². The summed E-state index contributed by atoms with van der Waals surface area (Å²) in [5.41, 5.74) is 1.90. The molecule has 10 heteroatoms. The zero-order valence-electron chi connectivity index (χ0n) is 20.0. The number of nitrogens with zero attached hydrogens (tertiary/aromatic N) is 1. The van der Waals surface area contributed by atoms with E-state index in [0.29, 0.717) is 41.0 Å². The van der Waals surface area contributed by atoms with Crippen LogP contribution in [-0.2, 0) is 20.9 Å². The molecule has 1 fully saturated rings. The summed E-state index contributed by atoms with van der Waals surface area (Å²) in [4.78, 5) is 28.6. The molecule has 2 amide bonds. The van der Waals surface area contributed by atoms with Gasteiger partial charge in [-0.25, -0.2) is 0 Å². The highest BCUT2D eigenvalue weighted by atomic mass is 35.5. The highest BCUT2D eigenvalue weighted by Crippen LogP contribution is 2.47. The van der Waals surface area contributed by atoms with Gasteiger partial charge in [-0.15, -0.1) is 0 Å². The molecule has 2 heterocycles. The van der Waals surface area contributed by atoms with Crippen LogP contribution >= 0.6 is 23.2 Å². The van der Waals surface area contributed by atoms with Crippen LogP contribution in [0, 0.1) is 5.92 Å². The molecular weight excluding hydrogens is 519 g/mol. The lowest BCUT2D eigenvalue weighted by molar-refractivity contribution is -0.142. The molecule has 0 aromatic heterocycles. The lowest BCUT2D eigenvalue weighted by Gasteiger charge is -2.41. The molecule has 0 spiro atoms. The largest absolute Gasteiger partial charge is 0.486 e. The minimum Gasteiger partial charge on any atom is -0.486 e. The second-order valence-electron chi connectivity index (χ2n) is 9.46. The standard InChI is InChI=1S/C27H28Cl2N2O6/c28-19-6-5-15(11-20(19)29)13-31(27(35)16-7-10-36-14-16)21-12-18(26(34)30-8-9-32)23-17-3-1-2-4-22(17)37-25(23)24(21)33/h1-6,11-12,16,21,23-25,32-33H,7-10,13-14H2,(H,30,34)/t16?,21-,23+,24+,25+/m1/s1. The zero-order chi connectivity index (χ0) is 26.1. The van der Waals surface area contributed by atoms with Crippen LogP contribution < -0.4 is 10.1 Å². The maximum absolute atomic E-state index is 13.8. The topological polar surface area (TPSA) is 108 Å². The van der Waals surface area contributed by atoms with Gasteiger partial charge in [0.2, 0.25) is 11.8 Å². The van der Waals surface area contributed by atoms with Crippen LogP contribution in [0.25, 0.3) is 0 Å². The molecule has 5 atom stereocenters. The lowest BCUT2D eigenvalue weighted by Crippen LogP contribution is -2.56. The Morgan fingerprint density at radius 2 is 1.95 bits per heavy atom. The van der Waals surface area contributed by atoms with E-state index < -0.39 is 24.2 Å². The summed E-state index contributed by atoms with van der Waals surface area (Å²) in [6.07, 6.45) is 0.350. The Kier molecular flexibility index (Phi) is 7.74. The molecule has 2 aliphatic heterocycles. The van der Waals surface area contributed by atoms with E-state index in [0.717, 1.165) is 11.1 Å². The summed E-state index contributed by atoms with van der Waals surface area (Å²) in [5.74, 6) is -0.864. The van der Waals surface area contributed by atoms with Gasteiger partial charge >= 0.3 is 0 Å². The van der Waals surface area contributed by atoms with E-state index in [1.165, 1.54) is 0 Å². The van der Waals surface area contributed by atoms with E-state index in [1.54, 1.807) is 35.2 Å². The Morgan fingerprint density at radius 3 is 2.68 bits per heavy atom. The van der Waals surface area contributed by atoms with Gasteiger partial charge in [0.25, 0.3) is 0 Å². The number of rotatable bonds is 7. The van der Waals surface area contributed by atoms with Crippen LogP contribution in [0.4, 0.5) is 0 Å². The van der Waals surface area contributed by atoms with Crippen molar-refractivity contribution in [3.05, 3.63) is 75.3 Å². The number of aliphatic hydroxyl groups is 2. The summed E-state index contributed by atoms with van der Waals surface area (Å²) in [7, 11) is 0. The molecule has 3 aliphatic rings. The van der Waals surface area contributed by atoms with E-state index in [1.807, 2.05) is 18.2 Å². The van der Waals surface area contributed by atoms with Crippen molar-refractivity contribution in [2.24, 2.45) is 5.92 Å². The van der Waals surface area contributed by atoms with Crippen LogP contribution in [0.5, 0.6) is 5.75 Å². The van der Waals surface area contributed by atoms with Gasteiger partial charge in [-0.2, -0.15) is 0 Å². The molecule has 0 saturated carbocycles. The number of ether oxygens (including phenoxy) is 2. The van der Waals surface area contributed by atoms with Crippen LogP contribution in [0.15, 0.2) is 54.1 Å². The first kappa shape index (κ1) is 26.0. The summed E-state index contributed by atoms with van der Waals surface area (Å²) < 4.78 is 11.6. The third-order valence-corrected chi connectivity index (χ3v) is 7.87. The first-order valence-corrected chi connectivity index (χ1v) is 13.0. The molecule has 0 bridgehead atoms. The maximum Gasteiger partial charge on any atom is 0.247 e. The van der Waals surface area contributed by atoms with E-state index >= 15 is 0 Å². The summed E-state index contributed by atoms with van der Waals surface area (Å²) in [6.45, 7) is 0.782. The van der Waals surface area contributed by atoms with Gasteiger partial charge < -0.3 is 29.9 Å². The molecule has 8 nitrogen and oxygen atoms in total. The van der Waals surface area contributed by atoms with Gasteiger partial charge in [-0.1, -0.05) is 47.5 Å². The average Bonchev–Trinajstić information content (AvgIpc) is 3.57. The number of benzene rings is 2. The van der Waals surface area contributed by atoms with E-state index in [9.17, 15) is 19.8 Å². The average molecular weight is 547 g/mol. The van der Waals surface area contributed by atoms with Crippen molar-refractivity contribution in [2.45, 2.75) is 37.1 Å². The highest BCUT2D eigenvalue weighted by Gasteiger charge is 2.51. The number of amides is 2. The summed E-state index contributed by atoms with van der Waals surface area (Å²) in [6, 6.07) is 11.6. The van der Waals surface area contributed by atoms with E-state index in [4.69, 9.17) is 32.7 Å². The van der Waals surface area contributed by atoms with Crippen molar-refractivity contribution in [1.82, 2.24) is 10.2 Å². The Balaban J connectivity index is 1.56. The molecule has 1 unspecified atom stereocenters. The van der Waals surface area contributed by atoms with Crippen molar-refractivity contribution in [3.8, 4) is 5.75 Å². The van der Waals surface area contributed by atoms with E-state index in [2.05, 4.69) is 5.32 Å². The molecule has 0 radical (unpaired) electrons. The molecular formula is C27H28Cl2N2O6. The molecule has 1 saturated heterocycles. The van der Waals surface area contributed by atoms with Crippen molar-refractivity contribution < 1.29 is 29.3 Å². The normalized spacial score (nSPS) is 26.1. The number of halogens is 2. The summed E-state index contributed by atoms with van der Waals surface area (Å²) in [5, 5.41) is 24.3. The third-order valence-electron chi connectivity index (χ3n) is 7.14. The second kappa shape index (κ2) is 11.0. The maximum atomic E-state index is 13.8. The number of nitrogens with one attached hydrogen (secondary N) is 1. The van der Waals surface area contributed by atoms with E-state index in [-0.39, 0.29) is 37.4 Å².